The number of carbonyl (C=O) groups is 1. The third-order valence-electron chi connectivity index (χ3n) is 2.59. The molecule has 2 rings (SSSR count). The minimum atomic E-state index is -0.424. The molecule has 0 radical (unpaired) electrons. The molecule has 0 aliphatic heterocycles. The fourth-order valence-electron chi connectivity index (χ4n) is 1.62. The largest absolute Gasteiger partial charge is 0.383 e. The highest BCUT2D eigenvalue weighted by Crippen LogP contribution is 2.31. The highest BCUT2D eigenvalue weighted by atomic mass is 32.2. The standard InChI is InChI=1S/C13H13FN4OS/c1-6-3-10(8(7(2)19)4-9(6)14)20-13-17-11(15)5-12(16)18-13/h3-5H,1-2H3,(H4,15,16,17,18). The zero-order chi connectivity index (χ0) is 14.9. The summed E-state index contributed by atoms with van der Waals surface area (Å²) in [7, 11) is 0. The predicted octanol–water partition coefficient (Wildman–Crippen LogP) is 2.44. The van der Waals surface area contributed by atoms with E-state index in [0.717, 1.165) is 11.8 Å². The summed E-state index contributed by atoms with van der Waals surface area (Å²) >= 11 is 1.12. The number of benzene rings is 1. The molecule has 2 aromatic rings. The van der Waals surface area contributed by atoms with Gasteiger partial charge in [-0.3, -0.25) is 4.79 Å². The number of carbonyl (C=O) groups excluding carboxylic acids is 1. The maximum atomic E-state index is 13.6. The van der Waals surface area contributed by atoms with Crippen LogP contribution in [-0.2, 0) is 0 Å². The molecule has 1 aromatic heterocycles. The van der Waals surface area contributed by atoms with Crippen molar-refractivity contribution >= 4 is 29.2 Å². The molecule has 0 fully saturated rings. The van der Waals surface area contributed by atoms with E-state index in [0.29, 0.717) is 15.6 Å². The van der Waals surface area contributed by atoms with Gasteiger partial charge in [0.15, 0.2) is 10.9 Å². The van der Waals surface area contributed by atoms with Crippen molar-refractivity contribution in [1.29, 1.82) is 0 Å². The molecular formula is C13H13FN4OS. The molecule has 4 N–H and O–H groups in total. The fraction of sp³-hybridized carbons (Fsp3) is 0.154. The summed E-state index contributed by atoms with van der Waals surface area (Å²) < 4.78 is 13.6. The van der Waals surface area contributed by atoms with Crippen molar-refractivity contribution in [2.45, 2.75) is 23.9 Å². The second kappa shape index (κ2) is 5.46. The molecule has 7 heteroatoms. The molecule has 1 aromatic carbocycles. The van der Waals surface area contributed by atoms with Gasteiger partial charge in [-0.05, 0) is 43.3 Å². The highest BCUT2D eigenvalue weighted by molar-refractivity contribution is 7.99. The molecule has 0 aliphatic carbocycles. The number of rotatable bonds is 3. The molecule has 1 heterocycles. The number of halogens is 1. The molecule has 0 amide bonds. The Morgan fingerprint density at radius 1 is 1.20 bits per heavy atom. The lowest BCUT2D eigenvalue weighted by Gasteiger charge is -2.08. The van der Waals surface area contributed by atoms with Crippen molar-refractivity contribution in [3.63, 3.8) is 0 Å². The van der Waals surface area contributed by atoms with Gasteiger partial charge >= 0.3 is 0 Å². The van der Waals surface area contributed by atoms with Crippen molar-refractivity contribution in [2.75, 3.05) is 11.5 Å². The summed E-state index contributed by atoms with van der Waals surface area (Å²) in [4.78, 5) is 20.2. The summed E-state index contributed by atoms with van der Waals surface area (Å²) in [6.45, 7) is 3.00. The van der Waals surface area contributed by atoms with Gasteiger partial charge in [0.05, 0.1) is 0 Å². The number of nitrogen functional groups attached to an aromatic ring is 2. The first-order valence-electron chi connectivity index (χ1n) is 5.76. The number of ketones is 1. The van der Waals surface area contributed by atoms with Crippen LogP contribution in [0.1, 0.15) is 22.8 Å². The third kappa shape index (κ3) is 3.05. The van der Waals surface area contributed by atoms with E-state index < -0.39 is 5.82 Å². The number of anilines is 2. The average Bonchev–Trinajstić information content (AvgIpc) is 2.31. The molecule has 0 saturated carbocycles. The Hall–Kier alpha value is -2.15. The van der Waals surface area contributed by atoms with Gasteiger partial charge in [-0.25, -0.2) is 14.4 Å². The zero-order valence-corrected chi connectivity index (χ0v) is 11.8. The maximum absolute atomic E-state index is 13.6. The lowest BCUT2D eigenvalue weighted by molar-refractivity contribution is 0.101. The number of nitrogens with zero attached hydrogens (tertiary/aromatic N) is 2. The van der Waals surface area contributed by atoms with Crippen LogP contribution in [0.25, 0.3) is 0 Å². The van der Waals surface area contributed by atoms with E-state index in [2.05, 4.69) is 9.97 Å². The highest BCUT2D eigenvalue weighted by Gasteiger charge is 2.14. The quantitative estimate of drug-likeness (QED) is 0.666. The van der Waals surface area contributed by atoms with E-state index in [1.54, 1.807) is 13.0 Å². The van der Waals surface area contributed by atoms with Crippen molar-refractivity contribution in [3.05, 3.63) is 35.1 Å². The van der Waals surface area contributed by atoms with Crippen LogP contribution in [-0.4, -0.2) is 15.8 Å². The van der Waals surface area contributed by atoms with Gasteiger partial charge in [0.1, 0.15) is 17.5 Å². The second-order valence-electron chi connectivity index (χ2n) is 4.26. The molecule has 0 bridgehead atoms. The van der Waals surface area contributed by atoms with Crippen LogP contribution in [0.4, 0.5) is 16.0 Å². The molecule has 104 valence electrons. The molecule has 0 unspecified atom stereocenters. The topological polar surface area (TPSA) is 94.9 Å². The number of aromatic nitrogens is 2. The molecule has 5 nitrogen and oxygen atoms in total. The third-order valence-corrected chi connectivity index (χ3v) is 3.51. The maximum Gasteiger partial charge on any atom is 0.196 e. The smallest absolute Gasteiger partial charge is 0.196 e. The average molecular weight is 292 g/mol. The first kappa shape index (κ1) is 14.3. The van der Waals surface area contributed by atoms with E-state index in [9.17, 15) is 9.18 Å². The molecule has 0 aliphatic rings. The van der Waals surface area contributed by atoms with Crippen molar-refractivity contribution < 1.29 is 9.18 Å². The van der Waals surface area contributed by atoms with E-state index >= 15 is 0 Å². The number of hydrogen-bond donors (Lipinski definition) is 2. The minimum absolute atomic E-state index is 0.233. The Kier molecular flexibility index (Phi) is 3.89. The molecule has 20 heavy (non-hydrogen) atoms. The Bertz CT molecular complexity index is 670. The Labute approximate surface area is 119 Å². The molecular weight excluding hydrogens is 279 g/mol. The monoisotopic (exact) mass is 292 g/mol. The van der Waals surface area contributed by atoms with Gasteiger partial charge in [-0.2, -0.15) is 0 Å². The van der Waals surface area contributed by atoms with E-state index in [1.165, 1.54) is 19.1 Å². The Morgan fingerprint density at radius 2 is 1.80 bits per heavy atom. The van der Waals surface area contributed by atoms with Gasteiger partial charge in [-0.15, -0.1) is 0 Å². The molecule has 0 spiro atoms. The van der Waals surface area contributed by atoms with Crippen molar-refractivity contribution in [1.82, 2.24) is 9.97 Å². The van der Waals surface area contributed by atoms with Gasteiger partial charge in [0.2, 0.25) is 0 Å². The van der Waals surface area contributed by atoms with Gasteiger partial charge < -0.3 is 11.5 Å². The summed E-state index contributed by atoms with van der Waals surface area (Å²) in [5.41, 5.74) is 11.9. The van der Waals surface area contributed by atoms with Crippen LogP contribution >= 0.6 is 11.8 Å². The van der Waals surface area contributed by atoms with E-state index in [4.69, 9.17) is 11.5 Å². The summed E-state index contributed by atoms with van der Waals surface area (Å²) in [6, 6.07) is 4.24. The normalized spacial score (nSPS) is 10.6. The fourth-order valence-corrected chi connectivity index (χ4v) is 2.67. The van der Waals surface area contributed by atoms with E-state index in [1.807, 2.05) is 0 Å². The first-order chi connectivity index (χ1) is 9.36. The van der Waals surface area contributed by atoms with Crippen LogP contribution < -0.4 is 11.5 Å². The predicted molar refractivity (Wildman–Crippen MR) is 76.1 cm³/mol. The lowest BCUT2D eigenvalue weighted by Crippen LogP contribution is -2.01. The molecule has 0 atom stereocenters. The number of nitrogens with two attached hydrogens (primary N) is 2. The van der Waals surface area contributed by atoms with Crippen LogP contribution in [0.15, 0.2) is 28.3 Å². The van der Waals surface area contributed by atoms with E-state index in [-0.39, 0.29) is 23.0 Å². The number of Topliss-reactive ketones (excluding diaryl/α,β-unsaturated/α-hetero) is 1. The Balaban J connectivity index is 2.47. The van der Waals surface area contributed by atoms with Crippen LogP contribution in [0, 0.1) is 12.7 Å². The minimum Gasteiger partial charge on any atom is -0.383 e. The molecule has 0 saturated heterocycles. The number of hydrogen-bond acceptors (Lipinski definition) is 6. The second-order valence-corrected chi connectivity index (χ2v) is 5.27. The Morgan fingerprint density at radius 3 is 2.35 bits per heavy atom. The van der Waals surface area contributed by atoms with Gasteiger partial charge in [0.25, 0.3) is 0 Å². The van der Waals surface area contributed by atoms with Crippen LogP contribution in [0.3, 0.4) is 0 Å². The number of aryl methyl sites for hydroxylation is 1. The van der Waals surface area contributed by atoms with Gasteiger partial charge in [-0.1, -0.05) is 0 Å². The zero-order valence-electron chi connectivity index (χ0n) is 11.0. The summed E-state index contributed by atoms with van der Waals surface area (Å²) in [5, 5.41) is 0.316. The van der Waals surface area contributed by atoms with Crippen molar-refractivity contribution in [3.8, 4) is 0 Å². The van der Waals surface area contributed by atoms with Gasteiger partial charge in [0, 0.05) is 16.5 Å². The lowest BCUT2D eigenvalue weighted by atomic mass is 10.1. The summed E-state index contributed by atoms with van der Waals surface area (Å²) in [5.74, 6) is -0.178. The van der Waals surface area contributed by atoms with Crippen LogP contribution in [0.5, 0.6) is 0 Å². The summed E-state index contributed by atoms with van der Waals surface area (Å²) in [6.07, 6.45) is 0. The van der Waals surface area contributed by atoms with Crippen LogP contribution in [0.2, 0.25) is 0 Å². The van der Waals surface area contributed by atoms with Crippen molar-refractivity contribution in [2.24, 2.45) is 0 Å². The SMILES string of the molecule is CC(=O)c1cc(F)c(C)cc1Sc1nc(N)cc(N)n1. The first-order valence-corrected chi connectivity index (χ1v) is 6.57.